The topological polar surface area (TPSA) is 97.2 Å². The van der Waals surface area contributed by atoms with Crippen LogP contribution in [0.5, 0.6) is 5.75 Å². The smallest absolute Gasteiger partial charge is 0.340 e. The van der Waals surface area contributed by atoms with Crippen LogP contribution in [-0.2, 0) is 14.9 Å². The van der Waals surface area contributed by atoms with Crippen molar-refractivity contribution < 1.29 is 17.4 Å². The van der Waals surface area contributed by atoms with E-state index in [1.807, 2.05) is 13.8 Å². The molecule has 1 fully saturated rings. The highest BCUT2D eigenvalue weighted by atomic mass is 79.9. The molecule has 158 valence electrons. The van der Waals surface area contributed by atoms with Gasteiger partial charge in [-0.1, -0.05) is 46.2 Å². The van der Waals surface area contributed by atoms with Gasteiger partial charge in [0.05, 0.1) is 11.5 Å². The van der Waals surface area contributed by atoms with E-state index in [-0.39, 0.29) is 21.8 Å². The lowest BCUT2D eigenvalue weighted by Crippen LogP contribution is -2.24. The number of hydrogen-bond acceptors (Lipinski definition) is 7. The number of nitrogens with zero attached hydrogens (tertiary/aromatic N) is 2. The van der Waals surface area contributed by atoms with E-state index in [9.17, 15) is 13.2 Å². The van der Waals surface area contributed by atoms with Gasteiger partial charge in [-0.25, -0.2) is 0 Å². The molecule has 1 aliphatic heterocycles. The first kappa shape index (κ1) is 23.0. The molecule has 1 N–H and O–H groups in total. The lowest BCUT2D eigenvalue weighted by molar-refractivity contribution is -0.118. The van der Waals surface area contributed by atoms with E-state index in [2.05, 4.69) is 47.4 Å². The van der Waals surface area contributed by atoms with Crippen LogP contribution in [0, 0.1) is 6.92 Å². The minimum absolute atomic E-state index is 0.00347. The number of amidine groups is 1. The quantitative estimate of drug-likeness (QED) is 0.308. The molecule has 7 nitrogen and oxygen atoms in total. The summed E-state index contributed by atoms with van der Waals surface area (Å²) in [5.74, 6) is 0.0210. The second-order valence-corrected chi connectivity index (χ2v) is 10.8. The molecule has 1 atom stereocenters. The highest BCUT2D eigenvalue weighted by Crippen LogP contribution is 2.30. The predicted octanol–water partition coefficient (Wildman–Crippen LogP) is 4.62. The zero-order valence-electron chi connectivity index (χ0n) is 15.9. The van der Waals surface area contributed by atoms with E-state index in [1.165, 1.54) is 24.0 Å². The maximum absolute atomic E-state index is 12.8. The van der Waals surface area contributed by atoms with E-state index in [4.69, 9.17) is 4.18 Å². The number of benzene rings is 2. The van der Waals surface area contributed by atoms with Crippen molar-refractivity contribution in [3.8, 4) is 5.75 Å². The van der Waals surface area contributed by atoms with Crippen LogP contribution in [0.1, 0.15) is 24.5 Å². The number of carbonyl (C=O) groups excluding carboxylic acids is 1. The molecule has 1 amide bonds. The average Bonchev–Trinajstić information content (AvgIpc) is 3.05. The van der Waals surface area contributed by atoms with Gasteiger partial charge < -0.3 is 9.50 Å². The summed E-state index contributed by atoms with van der Waals surface area (Å²) in [5, 5.41) is 10.9. The normalized spacial score (nSPS) is 18.2. The molecule has 30 heavy (non-hydrogen) atoms. The molecule has 2 aromatic carbocycles. The van der Waals surface area contributed by atoms with Crippen LogP contribution in [0.15, 0.2) is 60.4 Å². The van der Waals surface area contributed by atoms with Crippen molar-refractivity contribution in [2.24, 2.45) is 10.2 Å². The van der Waals surface area contributed by atoms with Crippen LogP contribution in [-0.4, -0.2) is 31.0 Å². The monoisotopic (exact) mass is 573 g/mol. The van der Waals surface area contributed by atoms with Crippen molar-refractivity contribution >= 4 is 71.0 Å². The van der Waals surface area contributed by atoms with Crippen LogP contribution in [0.4, 0.5) is 0 Å². The number of hydrogen-bond donors (Lipinski definition) is 1. The standard InChI is InChI=1S/C19H17Br2N3O4S2/c1-3-16-18(25)23-19(29-16)24-22-10-12-8-11(2)4-7-15(12)28-30(26,27)17-9-13(20)5-6-14(17)21/h4-10,16H,3H2,1-2H3,(H,23,24,25)/t16-/m1/s1. The first-order valence-electron chi connectivity index (χ1n) is 8.78. The van der Waals surface area contributed by atoms with Crippen molar-refractivity contribution in [1.29, 1.82) is 0 Å². The molecule has 1 heterocycles. The summed E-state index contributed by atoms with van der Waals surface area (Å²) >= 11 is 7.82. The molecule has 11 heteroatoms. The maximum atomic E-state index is 12.8. The largest absolute Gasteiger partial charge is 0.378 e. The number of amides is 1. The van der Waals surface area contributed by atoms with Crippen LogP contribution in [0.2, 0.25) is 0 Å². The van der Waals surface area contributed by atoms with Crippen molar-refractivity contribution in [3.63, 3.8) is 0 Å². The second-order valence-electron chi connectivity index (χ2n) is 6.31. The summed E-state index contributed by atoms with van der Waals surface area (Å²) in [6.07, 6.45) is 2.09. The maximum Gasteiger partial charge on any atom is 0.340 e. The van der Waals surface area contributed by atoms with Crippen LogP contribution in [0.3, 0.4) is 0 Å². The van der Waals surface area contributed by atoms with E-state index in [0.29, 0.717) is 26.1 Å². The summed E-state index contributed by atoms with van der Waals surface area (Å²) in [6.45, 7) is 3.79. The molecule has 0 spiro atoms. The number of halogens is 2. The van der Waals surface area contributed by atoms with Gasteiger partial charge in [0.1, 0.15) is 4.90 Å². The first-order chi connectivity index (χ1) is 14.2. The number of thioether (sulfide) groups is 1. The predicted molar refractivity (Wildman–Crippen MR) is 126 cm³/mol. The third kappa shape index (κ3) is 5.51. The molecule has 1 saturated heterocycles. The Morgan fingerprint density at radius 2 is 2.00 bits per heavy atom. The molecule has 0 aromatic heterocycles. The van der Waals surface area contributed by atoms with E-state index < -0.39 is 10.1 Å². The zero-order valence-corrected chi connectivity index (χ0v) is 20.7. The van der Waals surface area contributed by atoms with E-state index >= 15 is 0 Å². The van der Waals surface area contributed by atoms with Crippen molar-refractivity contribution in [2.45, 2.75) is 30.4 Å². The Balaban J connectivity index is 1.87. The molecular weight excluding hydrogens is 558 g/mol. The van der Waals surface area contributed by atoms with Crippen LogP contribution < -0.4 is 9.50 Å². The molecule has 0 unspecified atom stereocenters. The molecule has 0 saturated carbocycles. The first-order valence-corrected chi connectivity index (χ1v) is 12.7. The third-order valence-electron chi connectivity index (χ3n) is 4.02. The summed E-state index contributed by atoms with van der Waals surface area (Å²) in [7, 11) is -4.10. The number of aryl methyl sites for hydroxylation is 1. The molecule has 0 aliphatic carbocycles. The zero-order chi connectivity index (χ0) is 21.9. The molecule has 2 aromatic rings. The van der Waals surface area contributed by atoms with E-state index in [1.54, 1.807) is 30.3 Å². The SMILES string of the molecule is CC[C@H]1SC(=NN=Cc2cc(C)ccc2OS(=O)(=O)c2cc(Br)ccc2Br)NC1=O. The summed E-state index contributed by atoms with van der Waals surface area (Å²) in [6, 6.07) is 9.83. The summed E-state index contributed by atoms with van der Waals surface area (Å²) in [5.41, 5.74) is 1.34. The van der Waals surface area contributed by atoms with Gasteiger partial charge in [-0.2, -0.15) is 13.5 Å². The Morgan fingerprint density at radius 1 is 1.23 bits per heavy atom. The lowest BCUT2D eigenvalue weighted by Gasteiger charge is -2.11. The van der Waals surface area contributed by atoms with Crippen molar-refractivity contribution in [2.75, 3.05) is 0 Å². The highest BCUT2D eigenvalue weighted by molar-refractivity contribution is 9.11. The van der Waals surface area contributed by atoms with Gasteiger partial charge in [0.25, 0.3) is 0 Å². The second kappa shape index (κ2) is 9.63. The molecule has 3 rings (SSSR count). The highest BCUT2D eigenvalue weighted by Gasteiger charge is 2.28. The minimum Gasteiger partial charge on any atom is -0.378 e. The number of nitrogens with one attached hydrogen (secondary N) is 1. The minimum atomic E-state index is -4.10. The molecular formula is C19H17Br2N3O4S2. The number of rotatable bonds is 6. The molecule has 1 aliphatic rings. The van der Waals surface area contributed by atoms with Gasteiger partial charge in [-0.05, 0) is 59.6 Å². The Hall–Kier alpha value is -1.69. The Morgan fingerprint density at radius 3 is 2.70 bits per heavy atom. The van der Waals surface area contributed by atoms with Gasteiger partial charge in [0.15, 0.2) is 10.9 Å². The molecule has 0 bridgehead atoms. The lowest BCUT2D eigenvalue weighted by atomic mass is 10.1. The summed E-state index contributed by atoms with van der Waals surface area (Å²) < 4.78 is 32.0. The van der Waals surface area contributed by atoms with Crippen LogP contribution in [0.25, 0.3) is 0 Å². The van der Waals surface area contributed by atoms with Gasteiger partial charge in [0, 0.05) is 14.5 Å². The Kier molecular flexibility index (Phi) is 7.38. The van der Waals surface area contributed by atoms with Crippen molar-refractivity contribution in [3.05, 3.63) is 56.5 Å². The van der Waals surface area contributed by atoms with E-state index in [0.717, 1.165) is 5.56 Å². The van der Waals surface area contributed by atoms with Gasteiger partial charge in [-0.3, -0.25) is 4.79 Å². The van der Waals surface area contributed by atoms with Crippen molar-refractivity contribution in [1.82, 2.24) is 5.32 Å². The molecule has 0 radical (unpaired) electrons. The van der Waals surface area contributed by atoms with Gasteiger partial charge in [-0.15, -0.1) is 5.10 Å². The Labute approximate surface area is 195 Å². The average molecular weight is 575 g/mol. The number of carbonyl (C=O) groups is 1. The third-order valence-corrected chi connectivity index (χ3v) is 7.98. The fourth-order valence-electron chi connectivity index (χ4n) is 2.54. The van der Waals surface area contributed by atoms with Gasteiger partial charge in [0.2, 0.25) is 5.91 Å². The van der Waals surface area contributed by atoms with Gasteiger partial charge >= 0.3 is 10.1 Å². The fourth-order valence-corrected chi connectivity index (χ4v) is 5.81. The Bertz CT molecular complexity index is 1150. The van der Waals surface area contributed by atoms with Crippen LogP contribution >= 0.6 is 43.6 Å². The fraction of sp³-hybridized carbons (Fsp3) is 0.211. The summed E-state index contributed by atoms with van der Waals surface area (Å²) in [4.78, 5) is 11.7.